The van der Waals surface area contributed by atoms with Crippen molar-refractivity contribution >= 4 is 39.4 Å². The van der Waals surface area contributed by atoms with Crippen LogP contribution >= 0.6 is 15.9 Å². The maximum atomic E-state index is 12.7. The maximum absolute atomic E-state index is 12.7. The van der Waals surface area contributed by atoms with Crippen molar-refractivity contribution in [2.45, 2.75) is 13.1 Å². The third-order valence-electron chi connectivity index (χ3n) is 3.67. The molecule has 0 unspecified atom stereocenters. The first-order valence-corrected chi connectivity index (χ1v) is 9.02. The second-order valence-corrected chi connectivity index (χ2v) is 6.85. The molecule has 0 aliphatic heterocycles. The number of aryl methyl sites for hydroxylation is 1. The molecule has 0 heterocycles. The molecule has 0 bridgehead atoms. The highest BCUT2D eigenvalue weighted by Crippen LogP contribution is 2.29. The first-order chi connectivity index (χ1) is 13.6. The van der Waals surface area contributed by atoms with Gasteiger partial charge in [-0.2, -0.15) is 13.2 Å². The molecule has 6 nitrogen and oxygen atoms in total. The first kappa shape index (κ1) is 22.4. The Bertz CT molecular complexity index is 932. The highest BCUT2D eigenvalue weighted by atomic mass is 79.9. The van der Waals surface area contributed by atoms with Crippen LogP contribution in [0.4, 0.5) is 18.9 Å². The number of carbonyl (C=O) groups is 3. The fourth-order valence-corrected chi connectivity index (χ4v) is 2.70. The molecular formula is C19H16BrF3N2O4. The Morgan fingerprint density at radius 2 is 1.79 bits per heavy atom. The van der Waals surface area contributed by atoms with Crippen LogP contribution in [0, 0.1) is 6.92 Å². The lowest BCUT2D eigenvalue weighted by atomic mass is 10.1. The molecule has 154 valence electrons. The molecule has 2 rings (SSSR count). The average Bonchev–Trinajstić information content (AvgIpc) is 2.66. The molecule has 10 heteroatoms. The van der Waals surface area contributed by atoms with Crippen LogP contribution in [0.2, 0.25) is 0 Å². The van der Waals surface area contributed by atoms with E-state index in [1.807, 2.05) is 0 Å². The zero-order valence-electron chi connectivity index (χ0n) is 15.1. The number of alkyl halides is 3. The Morgan fingerprint density at radius 3 is 2.45 bits per heavy atom. The molecule has 0 saturated carbocycles. The van der Waals surface area contributed by atoms with E-state index >= 15 is 0 Å². The van der Waals surface area contributed by atoms with Gasteiger partial charge >= 0.3 is 12.1 Å². The summed E-state index contributed by atoms with van der Waals surface area (Å²) in [6.07, 6.45) is -4.60. The SMILES string of the molecule is Cc1cc(Br)ccc1NC(=O)CNC(=O)COC(=O)c1cccc(C(F)(F)F)c1. The number of anilines is 1. The van der Waals surface area contributed by atoms with E-state index in [0.29, 0.717) is 11.8 Å². The highest BCUT2D eigenvalue weighted by molar-refractivity contribution is 9.10. The number of hydrogen-bond donors (Lipinski definition) is 2. The van der Waals surface area contributed by atoms with Gasteiger partial charge in [0.15, 0.2) is 6.61 Å². The van der Waals surface area contributed by atoms with Gasteiger partial charge in [-0.15, -0.1) is 0 Å². The van der Waals surface area contributed by atoms with E-state index < -0.39 is 36.1 Å². The molecule has 0 aromatic heterocycles. The smallest absolute Gasteiger partial charge is 0.416 e. The predicted octanol–water partition coefficient (Wildman–Crippen LogP) is 3.69. The summed E-state index contributed by atoms with van der Waals surface area (Å²) < 4.78 is 43.5. The summed E-state index contributed by atoms with van der Waals surface area (Å²) in [5.74, 6) is -2.35. The van der Waals surface area contributed by atoms with Gasteiger partial charge in [0, 0.05) is 10.2 Å². The number of rotatable bonds is 6. The van der Waals surface area contributed by atoms with Crippen LogP contribution in [-0.4, -0.2) is 30.9 Å². The Balaban J connectivity index is 1.81. The molecule has 0 fully saturated rings. The molecule has 0 atom stereocenters. The molecule has 0 aliphatic rings. The van der Waals surface area contributed by atoms with Crippen molar-refractivity contribution in [2.75, 3.05) is 18.5 Å². The van der Waals surface area contributed by atoms with E-state index in [9.17, 15) is 27.6 Å². The molecule has 0 saturated heterocycles. The topological polar surface area (TPSA) is 84.5 Å². The lowest BCUT2D eigenvalue weighted by Crippen LogP contribution is -2.35. The van der Waals surface area contributed by atoms with E-state index in [2.05, 4.69) is 31.3 Å². The van der Waals surface area contributed by atoms with Gasteiger partial charge in [0.1, 0.15) is 0 Å². The molecule has 0 radical (unpaired) electrons. The second kappa shape index (κ2) is 9.55. The average molecular weight is 473 g/mol. The summed E-state index contributed by atoms with van der Waals surface area (Å²) in [7, 11) is 0. The van der Waals surface area contributed by atoms with Crippen LogP contribution in [0.5, 0.6) is 0 Å². The molecule has 29 heavy (non-hydrogen) atoms. The van der Waals surface area contributed by atoms with Gasteiger partial charge in [0.05, 0.1) is 17.7 Å². The molecule has 2 amide bonds. The minimum Gasteiger partial charge on any atom is -0.452 e. The highest BCUT2D eigenvalue weighted by Gasteiger charge is 2.31. The van der Waals surface area contributed by atoms with E-state index in [-0.39, 0.29) is 12.1 Å². The van der Waals surface area contributed by atoms with Crippen molar-refractivity contribution in [2.24, 2.45) is 0 Å². The van der Waals surface area contributed by atoms with Crippen LogP contribution in [0.25, 0.3) is 0 Å². The summed E-state index contributed by atoms with van der Waals surface area (Å²) in [5, 5.41) is 4.87. The molecule has 2 aromatic rings. The largest absolute Gasteiger partial charge is 0.452 e. The second-order valence-electron chi connectivity index (χ2n) is 5.94. The Kier molecular flexibility index (Phi) is 7.38. The van der Waals surface area contributed by atoms with E-state index in [1.54, 1.807) is 25.1 Å². The zero-order valence-corrected chi connectivity index (χ0v) is 16.7. The predicted molar refractivity (Wildman–Crippen MR) is 102 cm³/mol. The Morgan fingerprint density at radius 1 is 1.07 bits per heavy atom. The van der Waals surface area contributed by atoms with Crippen LogP contribution in [0.3, 0.4) is 0 Å². The molecule has 0 spiro atoms. The number of hydrogen-bond acceptors (Lipinski definition) is 4. The monoisotopic (exact) mass is 472 g/mol. The summed E-state index contributed by atoms with van der Waals surface area (Å²) in [6, 6.07) is 8.90. The first-order valence-electron chi connectivity index (χ1n) is 8.23. The normalized spacial score (nSPS) is 10.9. The van der Waals surface area contributed by atoms with E-state index in [0.717, 1.165) is 28.2 Å². The third-order valence-corrected chi connectivity index (χ3v) is 4.16. The van der Waals surface area contributed by atoms with Crippen molar-refractivity contribution in [3.63, 3.8) is 0 Å². The number of amides is 2. The number of esters is 1. The Hall–Kier alpha value is -2.88. The summed E-state index contributed by atoms with van der Waals surface area (Å²) in [6.45, 7) is 0.696. The van der Waals surface area contributed by atoms with Crippen molar-refractivity contribution < 1.29 is 32.3 Å². The number of halogens is 4. The fraction of sp³-hybridized carbons (Fsp3) is 0.211. The quantitative estimate of drug-likeness (QED) is 0.628. The maximum Gasteiger partial charge on any atom is 0.416 e. The van der Waals surface area contributed by atoms with Gasteiger partial charge in [-0.1, -0.05) is 22.0 Å². The summed E-state index contributed by atoms with van der Waals surface area (Å²) in [5.41, 5.74) is 0.0462. The number of carbonyl (C=O) groups excluding carboxylic acids is 3. The molecule has 2 N–H and O–H groups in total. The minimum atomic E-state index is -4.60. The lowest BCUT2D eigenvalue weighted by Gasteiger charge is -2.10. The van der Waals surface area contributed by atoms with Crippen LogP contribution in [0.1, 0.15) is 21.5 Å². The van der Waals surface area contributed by atoms with Gasteiger partial charge < -0.3 is 15.4 Å². The van der Waals surface area contributed by atoms with E-state index in [1.165, 1.54) is 0 Å². The number of benzene rings is 2. The molecule has 0 aliphatic carbocycles. The zero-order chi connectivity index (χ0) is 21.6. The van der Waals surface area contributed by atoms with Gasteiger partial charge in [-0.25, -0.2) is 4.79 Å². The van der Waals surface area contributed by atoms with Crippen molar-refractivity contribution in [1.82, 2.24) is 5.32 Å². The van der Waals surface area contributed by atoms with Gasteiger partial charge in [0.25, 0.3) is 5.91 Å². The van der Waals surface area contributed by atoms with Gasteiger partial charge in [0.2, 0.25) is 5.91 Å². The summed E-state index contributed by atoms with van der Waals surface area (Å²) >= 11 is 3.30. The van der Waals surface area contributed by atoms with Crippen molar-refractivity contribution in [1.29, 1.82) is 0 Å². The van der Waals surface area contributed by atoms with Crippen LogP contribution < -0.4 is 10.6 Å². The van der Waals surface area contributed by atoms with Crippen LogP contribution in [-0.2, 0) is 20.5 Å². The van der Waals surface area contributed by atoms with Crippen molar-refractivity contribution in [3.8, 4) is 0 Å². The lowest BCUT2D eigenvalue weighted by molar-refractivity contribution is -0.137. The minimum absolute atomic E-state index is 0.337. The van der Waals surface area contributed by atoms with Gasteiger partial charge in [-0.3, -0.25) is 9.59 Å². The fourth-order valence-electron chi connectivity index (χ4n) is 2.23. The third kappa shape index (κ3) is 6.90. The summed E-state index contributed by atoms with van der Waals surface area (Å²) in [4.78, 5) is 35.4. The Labute approximate surface area is 172 Å². The molecular weight excluding hydrogens is 457 g/mol. The van der Waals surface area contributed by atoms with Crippen molar-refractivity contribution in [3.05, 3.63) is 63.6 Å². The molecule has 2 aromatic carbocycles. The number of nitrogens with one attached hydrogen (secondary N) is 2. The van der Waals surface area contributed by atoms with E-state index in [4.69, 9.17) is 0 Å². The van der Waals surface area contributed by atoms with Gasteiger partial charge in [-0.05, 0) is 48.9 Å². The number of ether oxygens (including phenoxy) is 1. The standard InChI is InChI=1S/C19H16BrF3N2O4/c1-11-7-14(20)5-6-15(11)25-16(26)9-24-17(27)10-29-18(28)12-3-2-4-13(8-12)19(21,22)23/h2-8H,9-10H2,1H3,(H,24,27)(H,25,26). The van der Waals surface area contributed by atoms with Crippen LogP contribution in [0.15, 0.2) is 46.9 Å².